The maximum Gasteiger partial charge on any atom is 0.306 e. The van der Waals surface area contributed by atoms with Crippen LogP contribution in [0.2, 0.25) is 0 Å². The lowest BCUT2D eigenvalue weighted by molar-refractivity contribution is -0.167. The molecule has 80 heavy (non-hydrogen) atoms. The third-order valence-electron chi connectivity index (χ3n) is 14.5. The molecule has 0 aliphatic rings. The third-order valence-corrected chi connectivity index (χ3v) is 14.5. The molecule has 0 bridgehead atoms. The van der Waals surface area contributed by atoms with Crippen LogP contribution < -0.4 is 0 Å². The van der Waals surface area contributed by atoms with Crippen molar-refractivity contribution in [3.05, 3.63) is 109 Å². The highest BCUT2D eigenvalue weighted by atomic mass is 16.6. The Bertz CT molecular complexity index is 1610. The lowest BCUT2D eigenvalue weighted by Gasteiger charge is -2.18. The van der Waals surface area contributed by atoms with Gasteiger partial charge in [-0.2, -0.15) is 0 Å². The van der Waals surface area contributed by atoms with E-state index in [1.54, 1.807) is 0 Å². The second kappa shape index (κ2) is 67.6. The van der Waals surface area contributed by atoms with E-state index in [-0.39, 0.29) is 31.1 Å². The zero-order valence-electron chi connectivity index (χ0n) is 52.6. The predicted molar refractivity (Wildman–Crippen MR) is 348 cm³/mol. The van der Waals surface area contributed by atoms with Crippen LogP contribution in [-0.2, 0) is 28.6 Å². The van der Waals surface area contributed by atoms with Gasteiger partial charge in [0, 0.05) is 19.3 Å². The van der Waals surface area contributed by atoms with Gasteiger partial charge in [0.25, 0.3) is 0 Å². The quantitative estimate of drug-likeness (QED) is 0.0261. The first-order chi connectivity index (χ1) is 39.5. The molecule has 0 aromatic heterocycles. The topological polar surface area (TPSA) is 78.9 Å². The summed E-state index contributed by atoms with van der Waals surface area (Å²) in [6.07, 6.45) is 92.4. The molecule has 0 saturated heterocycles. The molecule has 0 rings (SSSR count). The molecule has 0 aliphatic heterocycles. The van der Waals surface area contributed by atoms with Crippen LogP contribution in [-0.4, -0.2) is 37.2 Å². The molecule has 0 heterocycles. The standard InChI is InChI=1S/C74H126O6/c1-4-7-10-13-16-19-22-25-27-29-31-33-34-35-36-37-38-39-40-42-43-45-47-49-52-55-58-61-64-67-73(76)79-70-71(69-78-72(75)66-63-60-57-54-51-24-21-18-15-12-9-6-3)80-74(77)68-65-62-59-56-53-50-48-46-44-41-32-30-28-26-23-20-17-14-11-8-5-2/h7,10,16,18-19,21,25,27,30-33,35-36,38-39,42-43,71H,4-6,8-9,11-15,17,20,22-24,26,28-29,34,37,40-41,44-70H2,1-3H3/b10-7-,19-16-,21-18-,27-25-,32-30-,33-31-,36-35-,39-38-,43-42-. The molecule has 0 N–H and O–H groups in total. The molecule has 6 nitrogen and oxygen atoms in total. The van der Waals surface area contributed by atoms with E-state index in [2.05, 4.69) is 130 Å². The summed E-state index contributed by atoms with van der Waals surface area (Å²) in [6, 6.07) is 0. The van der Waals surface area contributed by atoms with Gasteiger partial charge in [0.1, 0.15) is 13.2 Å². The summed E-state index contributed by atoms with van der Waals surface area (Å²) in [5.74, 6) is -0.898. The van der Waals surface area contributed by atoms with Crippen molar-refractivity contribution >= 4 is 17.9 Å². The molecule has 0 saturated carbocycles. The Balaban J connectivity index is 4.32. The molecule has 458 valence electrons. The summed E-state index contributed by atoms with van der Waals surface area (Å²) < 4.78 is 16.9. The first-order valence-electron chi connectivity index (χ1n) is 33.9. The molecule has 0 aromatic rings. The Kier molecular flexibility index (Phi) is 64.3. The first-order valence-corrected chi connectivity index (χ1v) is 33.9. The summed E-state index contributed by atoms with van der Waals surface area (Å²) in [6.45, 7) is 6.51. The van der Waals surface area contributed by atoms with E-state index >= 15 is 0 Å². The molecular weight excluding hydrogens is 985 g/mol. The minimum atomic E-state index is -0.790. The number of allylic oxidation sites excluding steroid dienone is 18. The van der Waals surface area contributed by atoms with Crippen molar-refractivity contribution in [2.75, 3.05) is 13.2 Å². The van der Waals surface area contributed by atoms with Gasteiger partial charge in [-0.15, -0.1) is 0 Å². The highest BCUT2D eigenvalue weighted by molar-refractivity contribution is 5.71. The molecule has 0 aromatic carbocycles. The van der Waals surface area contributed by atoms with Crippen LogP contribution in [0.25, 0.3) is 0 Å². The predicted octanol–water partition coefficient (Wildman–Crippen LogP) is 23.4. The Morgan fingerprint density at radius 2 is 0.487 bits per heavy atom. The van der Waals surface area contributed by atoms with Crippen molar-refractivity contribution in [3.8, 4) is 0 Å². The molecular formula is C74H126O6. The molecule has 1 unspecified atom stereocenters. The summed E-state index contributed by atoms with van der Waals surface area (Å²) >= 11 is 0. The van der Waals surface area contributed by atoms with Crippen molar-refractivity contribution < 1.29 is 28.6 Å². The smallest absolute Gasteiger partial charge is 0.306 e. The van der Waals surface area contributed by atoms with Crippen LogP contribution in [0.4, 0.5) is 0 Å². The van der Waals surface area contributed by atoms with Gasteiger partial charge < -0.3 is 14.2 Å². The number of hydrogen-bond donors (Lipinski definition) is 0. The van der Waals surface area contributed by atoms with Crippen LogP contribution in [0.15, 0.2) is 109 Å². The zero-order valence-corrected chi connectivity index (χ0v) is 52.6. The van der Waals surface area contributed by atoms with E-state index in [0.29, 0.717) is 19.3 Å². The van der Waals surface area contributed by atoms with Crippen LogP contribution in [0.5, 0.6) is 0 Å². The van der Waals surface area contributed by atoms with Crippen molar-refractivity contribution in [2.45, 2.75) is 329 Å². The number of ether oxygens (including phenoxy) is 3. The maximum atomic E-state index is 12.9. The molecule has 1 atom stereocenters. The Morgan fingerprint density at radius 3 is 0.800 bits per heavy atom. The number of hydrogen-bond acceptors (Lipinski definition) is 6. The van der Waals surface area contributed by atoms with Gasteiger partial charge in [-0.25, -0.2) is 0 Å². The van der Waals surface area contributed by atoms with Crippen molar-refractivity contribution in [3.63, 3.8) is 0 Å². The van der Waals surface area contributed by atoms with Crippen molar-refractivity contribution in [1.29, 1.82) is 0 Å². The molecule has 0 spiro atoms. The van der Waals surface area contributed by atoms with Gasteiger partial charge >= 0.3 is 17.9 Å². The normalized spacial score (nSPS) is 12.8. The lowest BCUT2D eigenvalue weighted by Crippen LogP contribution is -2.30. The van der Waals surface area contributed by atoms with E-state index in [0.717, 1.165) is 116 Å². The van der Waals surface area contributed by atoms with Crippen LogP contribution >= 0.6 is 0 Å². The fourth-order valence-electron chi connectivity index (χ4n) is 9.41. The van der Waals surface area contributed by atoms with Gasteiger partial charge in [-0.05, 0) is 128 Å². The van der Waals surface area contributed by atoms with Crippen molar-refractivity contribution in [1.82, 2.24) is 0 Å². The van der Waals surface area contributed by atoms with E-state index < -0.39 is 6.10 Å². The number of carbonyl (C=O) groups is 3. The summed E-state index contributed by atoms with van der Waals surface area (Å²) in [5, 5.41) is 0. The maximum absolute atomic E-state index is 12.9. The van der Waals surface area contributed by atoms with E-state index in [1.165, 1.54) is 167 Å². The Hall–Kier alpha value is -3.93. The third kappa shape index (κ3) is 64.9. The first kappa shape index (κ1) is 76.1. The van der Waals surface area contributed by atoms with Crippen LogP contribution in [0, 0.1) is 0 Å². The minimum Gasteiger partial charge on any atom is -0.462 e. The van der Waals surface area contributed by atoms with E-state index in [4.69, 9.17) is 14.2 Å². The van der Waals surface area contributed by atoms with Gasteiger partial charge in [0.15, 0.2) is 6.10 Å². The van der Waals surface area contributed by atoms with Gasteiger partial charge in [-0.1, -0.05) is 284 Å². The van der Waals surface area contributed by atoms with Gasteiger partial charge in [0.05, 0.1) is 0 Å². The molecule has 0 amide bonds. The van der Waals surface area contributed by atoms with E-state index in [9.17, 15) is 14.4 Å². The molecule has 0 radical (unpaired) electrons. The van der Waals surface area contributed by atoms with Crippen LogP contribution in [0.1, 0.15) is 323 Å². The largest absolute Gasteiger partial charge is 0.462 e. The highest BCUT2D eigenvalue weighted by Gasteiger charge is 2.19. The number of rotatable bonds is 61. The van der Waals surface area contributed by atoms with E-state index in [1.807, 2.05) is 0 Å². The Labute approximate surface area is 495 Å². The number of carbonyl (C=O) groups excluding carboxylic acids is 3. The molecule has 6 heteroatoms. The van der Waals surface area contributed by atoms with Gasteiger partial charge in [0.2, 0.25) is 0 Å². The monoisotopic (exact) mass is 1110 g/mol. The van der Waals surface area contributed by atoms with Gasteiger partial charge in [-0.3, -0.25) is 14.4 Å². The number of unbranched alkanes of at least 4 members (excludes halogenated alkanes) is 32. The summed E-state index contributed by atoms with van der Waals surface area (Å²) in [4.78, 5) is 38.3. The second-order valence-corrected chi connectivity index (χ2v) is 22.3. The average molecular weight is 1110 g/mol. The highest BCUT2D eigenvalue weighted by Crippen LogP contribution is 2.16. The van der Waals surface area contributed by atoms with Crippen LogP contribution in [0.3, 0.4) is 0 Å². The fraction of sp³-hybridized carbons (Fsp3) is 0.716. The molecule has 0 fully saturated rings. The average Bonchev–Trinajstić information content (AvgIpc) is 3.46. The summed E-state index contributed by atoms with van der Waals surface area (Å²) in [7, 11) is 0. The zero-order chi connectivity index (χ0) is 57.8. The lowest BCUT2D eigenvalue weighted by atomic mass is 10.1. The Morgan fingerprint density at radius 1 is 0.263 bits per heavy atom. The molecule has 0 aliphatic carbocycles. The minimum absolute atomic E-state index is 0.0860. The second-order valence-electron chi connectivity index (χ2n) is 22.3. The fourth-order valence-corrected chi connectivity index (χ4v) is 9.41. The number of esters is 3. The van der Waals surface area contributed by atoms with Crippen molar-refractivity contribution in [2.24, 2.45) is 0 Å². The summed E-state index contributed by atoms with van der Waals surface area (Å²) in [5.41, 5.74) is 0. The SMILES string of the molecule is CC/C=C\C/C=C\C/C=C\C/C=C\C/C=C\C/C=C\C/C=C\CCCCCCCCCC(=O)OCC(COC(=O)CCCCCCC/C=C\CCCCC)OC(=O)CCCCCCCCCCC/C=C\CCCCCCCCCC.